The van der Waals surface area contributed by atoms with Gasteiger partial charge in [0.1, 0.15) is 17.7 Å². The summed E-state index contributed by atoms with van der Waals surface area (Å²) in [6.45, 7) is 1.80. The van der Waals surface area contributed by atoms with Gasteiger partial charge in [-0.05, 0) is 19.1 Å². The Balaban J connectivity index is 2.68. The Morgan fingerprint density at radius 2 is 2.06 bits per heavy atom. The van der Waals surface area contributed by atoms with Crippen molar-refractivity contribution in [2.75, 3.05) is 5.73 Å². The molecule has 0 atom stereocenters. The predicted molar refractivity (Wildman–Crippen MR) is 65.4 cm³/mol. The van der Waals surface area contributed by atoms with Crippen molar-refractivity contribution in [2.45, 2.75) is 6.92 Å². The van der Waals surface area contributed by atoms with Crippen LogP contribution in [0.3, 0.4) is 0 Å². The first-order chi connectivity index (χ1) is 8.50. The molecule has 2 N–H and O–H groups in total. The minimum absolute atomic E-state index is 0.0838. The molecule has 1 aromatic heterocycles. The molecule has 0 aliphatic carbocycles. The van der Waals surface area contributed by atoms with Gasteiger partial charge in [0, 0.05) is 17.3 Å². The van der Waals surface area contributed by atoms with Crippen molar-refractivity contribution in [3.63, 3.8) is 0 Å². The lowest BCUT2D eigenvalue weighted by molar-refractivity contribution is -0.384. The monoisotopic (exact) mass is 247 g/mol. The zero-order valence-electron chi connectivity index (χ0n) is 9.55. The summed E-state index contributed by atoms with van der Waals surface area (Å²) in [6.07, 6.45) is 2.37. The standard InChI is InChI=1S/C12H10FN3O2/c1-7-2-3-10(13)8(4-7)9-5-15-6-11(12(9)14)16(17)18/h2-6H,1H3,(H2,14,15). The zero-order chi connectivity index (χ0) is 13.3. The fourth-order valence-electron chi connectivity index (χ4n) is 1.67. The molecule has 18 heavy (non-hydrogen) atoms. The molecule has 1 aromatic carbocycles. The number of nitrogen functional groups attached to an aromatic ring is 1. The van der Waals surface area contributed by atoms with Gasteiger partial charge in [-0.2, -0.15) is 0 Å². The van der Waals surface area contributed by atoms with Crippen LogP contribution in [0.2, 0.25) is 0 Å². The van der Waals surface area contributed by atoms with Gasteiger partial charge in [-0.15, -0.1) is 0 Å². The van der Waals surface area contributed by atoms with Gasteiger partial charge in [-0.1, -0.05) is 11.6 Å². The number of pyridine rings is 1. The maximum atomic E-state index is 13.7. The van der Waals surface area contributed by atoms with E-state index in [1.165, 1.54) is 12.3 Å². The fraction of sp³-hybridized carbons (Fsp3) is 0.0833. The Hall–Kier alpha value is -2.50. The van der Waals surface area contributed by atoms with Crippen molar-refractivity contribution < 1.29 is 9.31 Å². The lowest BCUT2D eigenvalue weighted by Crippen LogP contribution is -2.00. The molecule has 5 nitrogen and oxygen atoms in total. The summed E-state index contributed by atoms with van der Waals surface area (Å²) in [6, 6.07) is 4.48. The first kappa shape index (κ1) is 12.0. The van der Waals surface area contributed by atoms with Crippen molar-refractivity contribution in [1.82, 2.24) is 4.98 Å². The lowest BCUT2D eigenvalue weighted by Gasteiger charge is -2.07. The summed E-state index contributed by atoms with van der Waals surface area (Å²) in [5.74, 6) is -0.491. The van der Waals surface area contributed by atoms with E-state index in [1.54, 1.807) is 19.1 Å². The normalized spacial score (nSPS) is 10.3. The first-order valence-electron chi connectivity index (χ1n) is 5.15. The smallest absolute Gasteiger partial charge is 0.310 e. The van der Waals surface area contributed by atoms with Crippen LogP contribution in [0.4, 0.5) is 15.8 Å². The Morgan fingerprint density at radius 1 is 1.33 bits per heavy atom. The highest BCUT2D eigenvalue weighted by atomic mass is 19.1. The second-order valence-electron chi connectivity index (χ2n) is 3.86. The lowest BCUT2D eigenvalue weighted by atomic mass is 10.0. The average molecular weight is 247 g/mol. The van der Waals surface area contributed by atoms with E-state index in [0.717, 1.165) is 11.8 Å². The molecule has 0 fully saturated rings. The molecule has 2 aromatic rings. The van der Waals surface area contributed by atoms with Gasteiger partial charge in [0.25, 0.3) is 0 Å². The van der Waals surface area contributed by atoms with Gasteiger partial charge in [-0.25, -0.2) is 4.39 Å². The molecular weight excluding hydrogens is 237 g/mol. The van der Waals surface area contributed by atoms with E-state index in [9.17, 15) is 14.5 Å². The van der Waals surface area contributed by atoms with Crippen LogP contribution in [-0.2, 0) is 0 Å². The summed E-state index contributed by atoms with van der Waals surface area (Å²) < 4.78 is 13.7. The van der Waals surface area contributed by atoms with E-state index in [0.29, 0.717) is 0 Å². The van der Waals surface area contributed by atoms with Gasteiger partial charge < -0.3 is 5.73 Å². The molecule has 0 saturated heterocycles. The minimum Gasteiger partial charge on any atom is -0.393 e. The topological polar surface area (TPSA) is 82.0 Å². The van der Waals surface area contributed by atoms with E-state index in [1.807, 2.05) is 0 Å². The van der Waals surface area contributed by atoms with Crippen LogP contribution in [0.5, 0.6) is 0 Å². The van der Waals surface area contributed by atoms with Gasteiger partial charge in [0.05, 0.1) is 4.92 Å². The number of aryl methyl sites for hydroxylation is 1. The number of nitrogens with two attached hydrogens (primary N) is 1. The summed E-state index contributed by atoms with van der Waals surface area (Å²) in [4.78, 5) is 13.8. The van der Waals surface area contributed by atoms with Crippen molar-refractivity contribution >= 4 is 11.4 Å². The molecule has 1 heterocycles. The van der Waals surface area contributed by atoms with E-state index < -0.39 is 10.7 Å². The van der Waals surface area contributed by atoms with Crippen LogP contribution >= 0.6 is 0 Å². The molecule has 2 rings (SSSR count). The molecule has 0 saturated carbocycles. The fourth-order valence-corrected chi connectivity index (χ4v) is 1.67. The van der Waals surface area contributed by atoms with Crippen LogP contribution in [0, 0.1) is 22.9 Å². The highest BCUT2D eigenvalue weighted by Crippen LogP contribution is 2.33. The summed E-state index contributed by atoms with van der Waals surface area (Å²) in [5.41, 5.74) is 6.55. The number of benzene rings is 1. The predicted octanol–water partition coefficient (Wildman–Crippen LogP) is 2.69. The summed E-state index contributed by atoms with van der Waals surface area (Å²) in [7, 11) is 0. The zero-order valence-corrected chi connectivity index (χ0v) is 9.55. The third kappa shape index (κ3) is 2.00. The molecule has 0 spiro atoms. The van der Waals surface area contributed by atoms with E-state index in [-0.39, 0.29) is 22.5 Å². The third-order valence-corrected chi connectivity index (χ3v) is 2.58. The Kier molecular flexibility index (Phi) is 2.93. The number of hydrogen-bond donors (Lipinski definition) is 1. The molecule has 0 unspecified atom stereocenters. The molecule has 0 bridgehead atoms. The second-order valence-corrected chi connectivity index (χ2v) is 3.86. The van der Waals surface area contributed by atoms with Gasteiger partial charge in [0.15, 0.2) is 0 Å². The van der Waals surface area contributed by atoms with Gasteiger partial charge >= 0.3 is 5.69 Å². The Bertz CT molecular complexity index is 629. The number of anilines is 1. The largest absolute Gasteiger partial charge is 0.393 e. The van der Waals surface area contributed by atoms with Gasteiger partial charge in [0.2, 0.25) is 0 Å². The average Bonchev–Trinajstić information content (AvgIpc) is 2.32. The van der Waals surface area contributed by atoms with Crippen molar-refractivity contribution in [3.8, 4) is 11.1 Å². The minimum atomic E-state index is -0.639. The SMILES string of the molecule is Cc1ccc(F)c(-c2cncc([N+](=O)[O-])c2N)c1. The summed E-state index contributed by atoms with van der Waals surface area (Å²) in [5, 5.41) is 10.7. The van der Waals surface area contributed by atoms with Crippen LogP contribution in [0.25, 0.3) is 11.1 Å². The molecule has 0 amide bonds. The molecule has 6 heteroatoms. The number of aromatic nitrogens is 1. The first-order valence-corrected chi connectivity index (χ1v) is 5.15. The highest BCUT2D eigenvalue weighted by molar-refractivity contribution is 5.81. The number of halogens is 1. The van der Waals surface area contributed by atoms with Crippen LogP contribution < -0.4 is 5.73 Å². The third-order valence-electron chi connectivity index (χ3n) is 2.58. The van der Waals surface area contributed by atoms with Crippen molar-refractivity contribution in [2.24, 2.45) is 0 Å². The van der Waals surface area contributed by atoms with E-state index >= 15 is 0 Å². The Morgan fingerprint density at radius 3 is 2.72 bits per heavy atom. The quantitative estimate of drug-likeness (QED) is 0.653. The van der Waals surface area contributed by atoms with Gasteiger partial charge in [-0.3, -0.25) is 15.1 Å². The number of hydrogen-bond acceptors (Lipinski definition) is 4. The van der Waals surface area contributed by atoms with Crippen LogP contribution in [-0.4, -0.2) is 9.91 Å². The van der Waals surface area contributed by atoms with Crippen molar-refractivity contribution in [3.05, 3.63) is 52.1 Å². The highest BCUT2D eigenvalue weighted by Gasteiger charge is 2.18. The van der Waals surface area contributed by atoms with E-state index in [4.69, 9.17) is 5.73 Å². The maximum absolute atomic E-state index is 13.7. The second kappa shape index (κ2) is 4.40. The number of rotatable bonds is 2. The number of nitrogens with zero attached hydrogens (tertiary/aromatic N) is 2. The number of nitro groups is 1. The van der Waals surface area contributed by atoms with Crippen LogP contribution in [0.1, 0.15) is 5.56 Å². The summed E-state index contributed by atoms with van der Waals surface area (Å²) >= 11 is 0. The van der Waals surface area contributed by atoms with Crippen molar-refractivity contribution in [1.29, 1.82) is 0 Å². The van der Waals surface area contributed by atoms with E-state index in [2.05, 4.69) is 4.98 Å². The molecule has 0 aliphatic rings. The molecule has 0 radical (unpaired) electrons. The maximum Gasteiger partial charge on any atom is 0.310 e. The Labute approximate surface area is 102 Å². The molecule has 0 aliphatic heterocycles. The molecular formula is C12H10FN3O2. The molecule has 92 valence electrons. The van der Waals surface area contributed by atoms with Crippen LogP contribution in [0.15, 0.2) is 30.6 Å².